The molecule has 4 aliphatic rings. The molecule has 5 rings (SSSR count). The van der Waals surface area contributed by atoms with Crippen LogP contribution in [-0.4, -0.2) is 22.6 Å². The fourth-order valence-corrected chi connectivity index (χ4v) is 5.50. The zero-order valence-corrected chi connectivity index (χ0v) is 13.8. The van der Waals surface area contributed by atoms with E-state index in [9.17, 15) is 9.59 Å². The summed E-state index contributed by atoms with van der Waals surface area (Å²) in [6, 6.07) is 6.52. The monoisotopic (exact) mass is 328 g/mol. The van der Waals surface area contributed by atoms with E-state index in [2.05, 4.69) is 10.6 Å². The van der Waals surface area contributed by atoms with E-state index in [0.29, 0.717) is 6.54 Å². The van der Waals surface area contributed by atoms with Crippen LogP contribution >= 0.6 is 0 Å². The highest BCUT2D eigenvalue weighted by Gasteiger charge is 2.51. The minimum Gasteiger partial charge on any atom is -0.478 e. The largest absolute Gasteiger partial charge is 0.478 e. The van der Waals surface area contributed by atoms with Crippen LogP contribution in [0.25, 0.3) is 0 Å². The van der Waals surface area contributed by atoms with Gasteiger partial charge >= 0.3 is 12.0 Å². The van der Waals surface area contributed by atoms with Crippen LogP contribution in [0, 0.1) is 17.8 Å². The molecule has 4 fully saturated rings. The second-order valence-electron chi connectivity index (χ2n) is 8.01. The molecule has 0 unspecified atom stereocenters. The molecule has 1 aromatic carbocycles. The fraction of sp³-hybridized carbons (Fsp3) is 0.579. The van der Waals surface area contributed by atoms with Gasteiger partial charge in [-0.05, 0) is 74.0 Å². The lowest BCUT2D eigenvalue weighted by Crippen LogP contribution is -2.61. The lowest BCUT2D eigenvalue weighted by Gasteiger charge is -2.56. The number of nitrogens with one attached hydrogen (secondary N) is 2. The zero-order valence-electron chi connectivity index (χ0n) is 13.8. The van der Waals surface area contributed by atoms with Crippen LogP contribution in [0.3, 0.4) is 0 Å². The second kappa shape index (κ2) is 5.80. The third kappa shape index (κ3) is 2.99. The molecule has 0 radical (unpaired) electrons. The molecule has 2 amide bonds. The number of carbonyl (C=O) groups excluding carboxylic acids is 1. The van der Waals surface area contributed by atoms with E-state index in [-0.39, 0.29) is 17.1 Å². The molecule has 0 saturated heterocycles. The molecule has 5 nitrogen and oxygen atoms in total. The number of amides is 2. The molecule has 0 spiro atoms. The highest BCUT2D eigenvalue weighted by molar-refractivity contribution is 5.87. The van der Waals surface area contributed by atoms with E-state index in [1.807, 2.05) is 0 Å². The Morgan fingerprint density at radius 2 is 1.54 bits per heavy atom. The third-order valence-corrected chi connectivity index (χ3v) is 6.07. The molecular formula is C19H24N2O3. The maximum Gasteiger partial charge on any atom is 0.335 e. The zero-order chi connectivity index (χ0) is 16.7. The van der Waals surface area contributed by atoms with E-state index >= 15 is 0 Å². The van der Waals surface area contributed by atoms with E-state index in [0.717, 1.165) is 42.6 Å². The summed E-state index contributed by atoms with van der Waals surface area (Å²) in [4.78, 5) is 23.2. The summed E-state index contributed by atoms with van der Waals surface area (Å²) in [6.45, 7) is 0.415. The quantitative estimate of drug-likeness (QED) is 0.794. The van der Waals surface area contributed by atoms with Crippen molar-refractivity contribution in [1.82, 2.24) is 10.6 Å². The van der Waals surface area contributed by atoms with E-state index in [1.165, 1.54) is 19.3 Å². The van der Waals surface area contributed by atoms with Crippen LogP contribution in [-0.2, 0) is 6.54 Å². The van der Waals surface area contributed by atoms with Crippen LogP contribution < -0.4 is 10.6 Å². The molecule has 128 valence electrons. The van der Waals surface area contributed by atoms with Gasteiger partial charge in [0, 0.05) is 12.1 Å². The topological polar surface area (TPSA) is 78.4 Å². The maximum atomic E-state index is 12.4. The van der Waals surface area contributed by atoms with Crippen LogP contribution in [0.15, 0.2) is 24.3 Å². The lowest BCUT2D eigenvalue weighted by atomic mass is 9.53. The van der Waals surface area contributed by atoms with Crippen molar-refractivity contribution in [2.24, 2.45) is 17.8 Å². The molecule has 0 aliphatic heterocycles. The smallest absolute Gasteiger partial charge is 0.335 e. The average molecular weight is 328 g/mol. The number of benzene rings is 1. The minimum atomic E-state index is -0.936. The van der Waals surface area contributed by atoms with Gasteiger partial charge in [0.25, 0.3) is 0 Å². The number of carboxylic acid groups (broad SMARTS) is 1. The first kappa shape index (κ1) is 15.5. The van der Waals surface area contributed by atoms with Gasteiger partial charge in [-0.3, -0.25) is 0 Å². The summed E-state index contributed by atoms with van der Waals surface area (Å²) in [7, 11) is 0. The Hall–Kier alpha value is -2.04. The molecular weight excluding hydrogens is 304 g/mol. The van der Waals surface area contributed by atoms with Crippen LogP contribution in [0.2, 0.25) is 0 Å². The number of aromatic carboxylic acids is 1. The minimum absolute atomic E-state index is 0.0198. The van der Waals surface area contributed by atoms with Crippen molar-refractivity contribution in [2.75, 3.05) is 0 Å². The average Bonchev–Trinajstić information content (AvgIpc) is 2.51. The molecule has 24 heavy (non-hydrogen) atoms. The third-order valence-electron chi connectivity index (χ3n) is 6.07. The SMILES string of the molecule is O=C(NCc1ccc(C(=O)O)cc1)NC12CC3CC(CC(C3)C1)C2. The van der Waals surface area contributed by atoms with Crippen molar-refractivity contribution in [3.8, 4) is 0 Å². The Morgan fingerprint density at radius 1 is 1.00 bits per heavy atom. The second-order valence-corrected chi connectivity index (χ2v) is 8.01. The fourth-order valence-electron chi connectivity index (χ4n) is 5.50. The molecule has 3 N–H and O–H groups in total. The first-order valence-electron chi connectivity index (χ1n) is 8.90. The molecule has 0 atom stereocenters. The summed E-state index contributed by atoms with van der Waals surface area (Å²) in [6.07, 6.45) is 7.49. The van der Waals surface area contributed by atoms with Gasteiger partial charge in [-0.15, -0.1) is 0 Å². The summed E-state index contributed by atoms with van der Waals surface area (Å²) >= 11 is 0. The molecule has 4 bridgehead atoms. The van der Waals surface area contributed by atoms with Crippen molar-refractivity contribution >= 4 is 12.0 Å². The molecule has 1 aromatic rings. The van der Waals surface area contributed by atoms with Crippen molar-refractivity contribution < 1.29 is 14.7 Å². The Labute approximate surface area is 141 Å². The first-order chi connectivity index (χ1) is 11.5. The normalized spacial score (nSPS) is 33.2. The van der Waals surface area contributed by atoms with Gasteiger partial charge in [0.15, 0.2) is 0 Å². The van der Waals surface area contributed by atoms with E-state index in [1.54, 1.807) is 24.3 Å². The highest BCUT2D eigenvalue weighted by Crippen LogP contribution is 2.55. The molecule has 5 heteroatoms. The van der Waals surface area contributed by atoms with Crippen LogP contribution in [0.4, 0.5) is 4.79 Å². The Kier molecular flexibility index (Phi) is 3.74. The standard InChI is InChI=1S/C19H24N2O3/c22-17(23)16-3-1-12(2-4-16)11-20-18(24)21-19-8-13-5-14(9-19)7-15(6-13)10-19/h1-4,13-15H,5-11H2,(H,22,23)(H2,20,21,24). The number of carbonyl (C=O) groups is 2. The van der Waals surface area contributed by atoms with Crippen molar-refractivity contribution in [1.29, 1.82) is 0 Å². The Balaban J connectivity index is 1.33. The van der Waals surface area contributed by atoms with Gasteiger partial charge in [0.2, 0.25) is 0 Å². The van der Waals surface area contributed by atoms with Crippen LogP contribution in [0.1, 0.15) is 54.4 Å². The Morgan fingerprint density at radius 3 is 2.04 bits per heavy atom. The maximum absolute atomic E-state index is 12.4. The summed E-state index contributed by atoms with van der Waals surface area (Å²) in [5.74, 6) is 1.48. The summed E-state index contributed by atoms with van der Waals surface area (Å²) < 4.78 is 0. The van der Waals surface area contributed by atoms with Gasteiger partial charge in [0.1, 0.15) is 0 Å². The number of hydrogen-bond donors (Lipinski definition) is 3. The van der Waals surface area contributed by atoms with Crippen LogP contribution in [0.5, 0.6) is 0 Å². The van der Waals surface area contributed by atoms with E-state index in [4.69, 9.17) is 5.11 Å². The van der Waals surface area contributed by atoms with Gasteiger partial charge in [0.05, 0.1) is 5.56 Å². The number of urea groups is 1. The predicted molar refractivity (Wildman–Crippen MR) is 89.7 cm³/mol. The molecule has 0 heterocycles. The molecule has 4 aliphatic carbocycles. The van der Waals surface area contributed by atoms with Gasteiger partial charge in [-0.1, -0.05) is 12.1 Å². The van der Waals surface area contributed by atoms with Crippen molar-refractivity contribution in [2.45, 2.75) is 50.6 Å². The van der Waals surface area contributed by atoms with Gasteiger partial charge < -0.3 is 15.7 Å². The predicted octanol–water partition coefficient (Wildman–Crippen LogP) is 3.15. The Bertz CT molecular complexity index is 618. The molecule has 4 saturated carbocycles. The molecule has 0 aromatic heterocycles. The van der Waals surface area contributed by atoms with E-state index < -0.39 is 5.97 Å². The summed E-state index contributed by atoms with van der Waals surface area (Å²) in [5.41, 5.74) is 1.18. The highest BCUT2D eigenvalue weighted by atomic mass is 16.4. The number of rotatable bonds is 4. The van der Waals surface area contributed by atoms with Crippen molar-refractivity contribution in [3.05, 3.63) is 35.4 Å². The summed E-state index contributed by atoms with van der Waals surface area (Å²) in [5, 5.41) is 15.1. The van der Waals surface area contributed by atoms with Gasteiger partial charge in [-0.2, -0.15) is 0 Å². The lowest BCUT2D eigenvalue weighted by molar-refractivity contribution is -0.0135. The number of carboxylic acids is 1. The van der Waals surface area contributed by atoms with Gasteiger partial charge in [-0.25, -0.2) is 9.59 Å². The van der Waals surface area contributed by atoms with Crippen molar-refractivity contribution in [3.63, 3.8) is 0 Å². The first-order valence-corrected chi connectivity index (χ1v) is 8.90. The number of hydrogen-bond acceptors (Lipinski definition) is 2.